The zero-order chi connectivity index (χ0) is 21.4. The monoisotopic (exact) mass is 397 g/mol. The molecule has 0 aliphatic heterocycles. The predicted molar refractivity (Wildman–Crippen MR) is 109 cm³/mol. The molecule has 154 valence electrons. The maximum absolute atomic E-state index is 12.9. The van der Waals surface area contributed by atoms with Gasteiger partial charge in [0.1, 0.15) is 6.04 Å². The minimum Gasteiger partial charge on any atom is -0.481 e. The zero-order valence-electron chi connectivity index (χ0n) is 16.9. The summed E-state index contributed by atoms with van der Waals surface area (Å²) in [6.07, 6.45) is 0.967. The Morgan fingerprint density at radius 1 is 1.07 bits per heavy atom. The van der Waals surface area contributed by atoms with Gasteiger partial charge in [-0.05, 0) is 41.5 Å². The number of rotatable bonds is 6. The number of aliphatic carboxylic acids is 2. The van der Waals surface area contributed by atoms with Crippen molar-refractivity contribution in [3.63, 3.8) is 0 Å². The fraction of sp³-hybridized carbons (Fsp3) is 0.435. The van der Waals surface area contributed by atoms with E-state index in [1.54, 1.807) is 20.8 Å². The SMILES string of the molecule is CC1(C)[C@H](C(=O)N[C@@H](Cc2ccc3ccccc3c2)C(=O)O)CC[C@@]1(C)C(=O)O. The third kappa shape index (κ3) is 3.71. The van der Waals surface area contributed by atoms with Crippen molar-refractivity contribution in [2.45, 2.75) is 46.1 Å². The van der Waals surface area contributed by atoms with Gasteiger partial charge in [-0.3, -0.25) is 9.59 Å². The summed E-state index contributed by atoms with van der Waals surface area (Å²) in [6, 6.07) is 12.5. The van der Waals surface area contributed by atoms with Crippen molar-refractivity contribution in [1.29, 1.82) is 0 Å². The van der Waals surface area contributed by atoms with E-state index >= 15 is 0 Å². The van der Waals surface area contributed by atoms with Crippen LogP contribution in [0.15, 0.2) is 42.5 Å². The molecule has 3 atom stereocenters. The molecule has 1 fully saturated rings. The summed E-state index contributed by atoms with van der Waals surface area (Å²) in [4.78, 5) is 36.5. The highest BCUT2D eigenvalue weighted by Crippen LogP contribution is 2.56. The van der Waals surface area contributed by atoms with E-state index in [2.05, 4.69) is 5.32 Å². The Morgan fingerprint density at radius 2 is 1.72 bits per heavy atom. The molecule has 29 heavy (non-hydrogen) atoms. The van der Waals surface area contributed by atoms with Gasteiger partial charge in [0.25, 0.3) is 0 Å². The van der Waals surface area contributed by atoms with E-state index in [1.807, 2.05) is 42.5 Å². The largest absolute Gasteiger partial charge is 0.481 e. The number of carboxylic acid groups (broad SMARTS) is 2. The summed E-state index contributed by atoms with van der Waals surface area (Å²) in [5.41, 5.74) is -0.987. The molecular weight excluding hydrogens is 370 g/mol. The third-order valence-electron chi connectivity index (χ3n) is 6.88. The van der Waals surface area contributed by atoms with Crippen molar-refractivity contribution < 1.29 is 24.6 Å². The smallest absolute Gasteiger partial charge is 0.326 e. The molecule has 6 nitrogen and oxygen atoms in total. The first-order chi connectivity index (χ1) is 13.6. The number of carbonyl (C=O) groups excluding carboxylic acids is 1. The summed E-state index contributed by atoms with van der Waals surface area (Å²) < 4.78 is 0. The molecular formula is C23H27NO5. The van der Waals surface area contributed by atoms with Gasteiger partial charge in [0.05, 0.1) is 5.41 Å². The molecule has 3 rings (SSSR count). The highest BCUT2D eigenvalue weighted by molar-refractivity contribution is 5.88. The summed E-state index contributed by atoms with van der Waals surface area (Å²) >= 11 is 0. The fourth-order valence-corrected chi connectivity index (χ4v) is 4.42. The molecule has 1 saturated carbocycles. The second-order valence-electron chi connectivity index (χ2n) is 8.74. The first kappa shape index (κ1) is 20.8. The van der Waals surface area contributed by atoms with Gasteiger partial charge in [0.2, 0.25) is 5.91 Å². The third-order valence-corrected chi connectivity index (χ3v) is 6.88. The van der Waals surface area contributed by atoms with E-state index in [1.165, 1.54) is 0 Å². The van der Waals surface area contributed by atoms with Gasteiger partial charge >= 0.3 is 11.9 Å². The fourth-order valence-electron chi connectivity index (χ4n) is 4.42. The van der Waals surface area contributed by atoms with Crippen LogP contribution >= 0.6 is 0 Å². The Labute approximate surface area is 169 Å². The van der Waals surface area contributed by atoms with Crippen LogP contribution < -0.4 is 5.32 Å². The molecule has 0 bridgehead atoms. The van der Waals surface area contributed by atoms with E-state index in [4.69, 9.17) is 0 Å². The first-order valence-electron chi connectivity index (χ1n) is 9.80. The van der Waals surface area contributed by atoms with Crippen LogP contribution in [-0.2, 0) is 20.8 Å². The maximum Gasteiger partial charge on any atom is 0.326 e. The van der Waals surface area contributed by atoms with Gasteiger partial charge in [-0.1, -0.05) is 56.3 Å². The van der Waals surface area contributed by atoms with E-state index < -0.39 is 40.6 Å². The Kier molecular flexibility index (Phi) is 5.39. The van der Waals surface area contributed by atoms with Crippen LogP contribution in [0.4, 0.5) is 0 Å². The molecule has 1 aliphatic rings. The maximum atomic E-state index is 12.9. The number of carboxylic acids is 2. The van der Waals surface area contributed by atoms with Crippen LogP contribution in [0.25, 0.3) is 10.8 Å². The second kappa shape index (κ2) is 7.50. The topological polar surface area (TPSA) is 104 Å². The van der Waals surface area contributed by atoms with Crippen LogP contribution in [0.3, 0.4) is 0 Å². The number of amides is 1. The zero-order valence-corrected chi connectivity index (χ0v) is 16.9. The molecule has 2 aromatic carbocycles. The lowest BCUT2D eigenvalue weighted by Gasteiger charge is -2.38. The minimum absolute atomic E-state index is 0.162. The summed E-state index contributed by atoms with van der Waals surface area (Å²) in [6.45, 7) is 5.21. The number of hydrogen-bond donors (Lipinski definition) is 3. The first-order valence-corrected chi connectivity index (χ1v) is 9.80. The molecule has 2 aromatic rings. The molecule has 0 aromatic heterocycles. The van der Waals surface area contributed by atoms with Gasteiger partial charge < -0.3 is 15.5 Å². The van der Waals surface area contributed by atoms with E-state index in [0.29, 0.717) is 12.8 Å². The summed E-state index contributed by atoms with van der Waals surface area (Å²) in [5, 5.41) is 24.0. The number of nitrogens with one attached hydrogen (secondary N) is 1. The Bertz CT molecular complexity index is 967. The highest BCUT2D eigenvalue weighted by Gasteiger charge is 2.58. The predicted octanol–water partition coefficient (Wildman–Crippen LogP) is 3.48. The van der Waals surface area contributed by atoms with Gasteiger partial charge in [-0.25, -0.2) is 4.79 Å². The van der Waals surface area contributed by atoms with Crippen molar-refractivity contribution in [3.05, 3.63) is 48.0 Å². The Hall–Kier alpha value is -2.89. The Balaban J connectivity index is 1.77. The molecule has 0 saturated heterocycles. The minimum atomic E-state index is -1.11. The van der Waals surface area contributed by atoms with Crippen molar-refractivity contribution in [1.82, 2.24) is 5.32 Å². The number of hydrogen-bond acceptors (Lipinski definition) is 3. The van der Waals surface area contributed by atoms with E-state index in [-0.39, 0.29) is 6.42 Å². The lowest BCUT2D eigenvalue weighted by molar-refractivity contribution is -0.155. The van der Waals surface area contributed by atoms with Gasteiger partial charge in [-0.2, -0.15) is 0 Å². The average Bonchev–Trinajstić information content (AvgIpc) is 2.91. The number of carbonyl (C=O) groups is 3. The quantitative estimate of drug-likeness (QED) is 0.692. The molecule has 0 spiro atoms. The molecule has 1 aliphatic carbocycles. The standard InChI is InChI=1S/C23H27NO5/c1-22(2)17(10-11-23(22,3)21(28)29)19(25)24-18(20(26)27)13-14-8-9-15-6-4-5-7-16(15)12-14/h4-9,12,17-18H,10-11,13H2,1-3H3,(H,24,25)(H,26,27)(H,28,29)/t17-,18-,23-/m0/s1. The van der Waals surface area contributed by atoms with E-state index in [0.717, 1.165) is 16.3 Å². The van der Waals surface area contributed by atoms with E-state index in [9.17, 15) is 24.6 Å². The van der Waals surface area contributed by atoms with Crippen LogP contribution in [0, 0.1) is 16.7 Å². The molecule has 1 amide bonds. The number of benzene rings is 2. The molecule has 0 unspecified atom stereocenters. The average molecular weight is 397 g/mol. The lowest BCUT2D eigenvalue weighted by atomic mass is 9.65. The molecule has 6 heteroatoms. The Morgan fingerprint density at radius 3 is 2.31 bits per heavy atom. The normalized spacial score (nSPS) is 24.2. The van der Waals surface area contributed by atoms with Gasteiger partial charge in [0, 0.05) is 12.3 Å². The second-order valence-corrected chi connectivity index (χ2v) is 8.74. The number of fused-ring (bicyclic) bond motifs is 1. The lowest BCUT2D eigenvalue weighted by Crippen LogP contribution is -2.49. The summed E-state index contributed by atoms with van der Waals surface area (Å²) in [5.74, 6) is -2.98. The molecule has 3 N–H and O–H groups in total. The van der Waals surface area contributed by atoms with Crippen LogP contribution in [-0.4, -0.2) is 34.1 Å². The van der Waals surface area contributed by atoms with Crippen LogP contribution in [0.1, 0.15) is 39.2 Å². The summed E-state index contributed by atoms with van der Waals surface area (Å²) in [7, 11) is 0. The molecule has 0 heterocycles. The van der Waals surface area contributed by atoms with Crippen molar-refractivity contribution in [2.75, 3.05) is 0 Å². The highest BCUT2D eigenvalue weighted by atomic mass is 16.4. The van der Waals surface area contributed by atoms with Gasteiger partial charge in [-0.15, -0.1) is 0 Å². The van der Waals surface area contributed by atoms with Crippen molar-refractivity contribution in [3.8, 4) is 0 Å². The molecule has 0 radical (unpaired) electrons. The van der Waals surface area contributed by atoms with Gasteiger partial charge in [0.15, 0.2) is 0 Å². The van der Waals surface area contributed by atoms with Crippen LogP contribution in [0.2, 0.25) is 0 Å². The van der Waals surface area contributed by atoms with Crippen molar-refractivity contribution in [2.24, 2.45) is 16.7 Å². The van der Waals surface area contributed by atoms with Crippen LogP contribution in [0.5, 0.6) is 0 Å². The van der Waals surface area contributed by atoms with Crippen molar-refractivity contribution >= 4 is 28.6 Å².